The lowest BCUT2D eigenvalue weighted by atomic mass is 9.69. The number of aryl methyl sites for hydroxylation is 1. The first-order valence-corrected chi connectivity index (χ1v) is 14.9. The summed E-state index contributed by atoms with van der Waals surface area (Å²) in [5.41, 5.74) is 4.31. The number of hydrogen-bond donors (Lipinski definition) is 3. The molecule has 206 valence electrons. The van der Waals surface area contributed by atoms with Crippen LogP contribution in [0.3, 0.4) is 0 Å². The fraction of sp³-hybridized carbons (Fsp3) is 0.613. The normalized spacial score (nSPS) is 27.4. The summed E-state index contributed by atoms with van der Waals surface area (Å²) < 4.78 is 2.10. The summed E-state index contributed by atoms with van der Waals surface area (Å²) in [5, 5.41) is 11.6. The average molecular weight is 538 g/mol. The molecule has 1 aliphatic carbocycles. The summed E-state index contributed by atoms with van der Waals surface area (Å²) >= 11 is 6.44. The topological polar surface area (TPSA) is 71.0 Å². The first kappa shape index (κ1) is 27.3. The van der Waals surface area contributed by atoms with Gasteiger partial charge in [-0.2, -0.15) is 0 Å². The van der Waals surface area contributed by atoms with Gasteiger partial charge in [0, 0.05) is 53.9 Å². The van der Waals surface area contributed by atoms with Gasteiger partial charge in [0.05, 0.1) is 6.33 Å². The molecule has 0 saturated carbocycles. The van der Waals surface area contributed by atoms with E-state index >= 15 is 0 Å². The standard InChI is InChI=1S/C31H44ClN5O/c1-21-16-24-5-4-22-17-25(32)6-8-27(22)29(30(24)36-19-21)23-10-12-34-26(18-23)7-9-28(38)35-13-11-31(2,3)37-15-14-33-20-37/h6,8,14-15,17,19-20,23-24,26,29-30,34,36H,4-5,7,9-13,16,18H2,1-3H3,(H,35,38)/t23?,24?,26?,29-,30?/m0/s1. The number of hydrogen-bond acceptors (Lipinski definition) is 4. The minimum Gasteiger partial charge on any atom is -0.387 e. The highest BCUT2D eigenvalue weighted by molar-refractivity contribution is 6.30. The predicted molar refractivity (Wildman–Crippen MR) is 154 cm³/mol. The van der Waals surface area contributed by atoms with Crippen molar-refractivity contribution in [1.82, 2.24) is 25.5 Å². The molecule has 1 fully saturated rings. The molecule has 2 aliphatic heterocycles. The lowest BCUT2D eigenvalue weighted by molar-refractivity contribution is -0.121. The summed E-state index contributed by atoms with van der Waals surface area (Å²) in [4.78, 5) is 16.9. The van der Waals surface area contributed by atoms with Gasteiger partial charge in [0.15, 0.2) is 0 Å². The number of amides is 1. The number of aromatic nitrogens is 2. The van der Waals surface area contributed by atoms with E-state index in [0.29, 0.717) is 42.8 Å². The van der Waals surface area contributed by atoms with Crippen LogP contribution in [0.25, 0.3) is 0 Å². The minimum atomic E-state index is -0.0695. The van der Waals surface area contributed by atoms with Crippen LogP contribution in [0.15, 0.2) is 48.7 Å². The summed E-state index contributed by atoms with van der Waals surface area (Å²) in [6.45, 7) is 8.29. The van der Waals surface area contributed by atoms with E-state index in [1.807, 2.05) is 12.5 Å². The highest BCUT2D eigenvalue weighted by atomic mass is 35.5. The molecular weight excluding hydrogens is 494 g/mol. The Bertz CT molecular complexity index is 1130. The van der Waals surface area contributed by atoms with Crippen LogP contribution in [0, 0.1) is 11.8 Å². The SMILES string of the molecule is CC1=CNC2C(CCc3cc(Cl)ccc3[C@@H]2C2CCNC(CCC(=O)NCCC(C)(C)n3ccnc3)C2)C1. The van der Waals surface area contributed by atoms with Crippen molar-refractivity contribution < 1.29 is 4.79 Å². The maximum atomic E-state index is 12.7. The van der Waals surface area contributed by atoms with Gasteiger partial charge in [-0.05, 0) is 114 Å². The number of nitrogens with zero attached hydrogens (tertiary/aromatic N) is 2. The van der Waals surface area contributed by atoms with E-state index in [0.717, 1.165) is 37.3 Å². The molecule has 5 rings (SSSR count). The fourth-order valence-corrected chi connectivity index (χ4v) is 7.28. The molecule has 6 nitrogen and oxygen atoms in total. The smallest absolute Gasteiger partial charge is 0.220 e. The van der Waals surface area contributed by atoms with Gasteiger partial charge in [0.1, 0.15) is 0 Å². The Hall–Kier alpha value is -2.31. The van der Waals surface area contributed by atoms with E-state index < -0.39 is 0 Å². The summed E-state index contributed by atoms with van der Waals surface area (Å²) in [6.07, 6.45) is 16.0. The van der Waals surface area contributed by atoms with E-state index in [1.165, 1.54) is 36.0 Å². The van der Waals surface area contributed by atoms with Crippen LogP contribution in [-0.2, 0) is 16.8 Å². The van der Waals surface area contributed by atoms with Crippen LogP contribution in [0.1, 0.15) is 82.8 Å². The maximum Gasteiger partial charge on any atom is 0.220 e. The van der Waals surface area contributed by atoms with E-state index in [1.54, 1.807) is 6.20 Å². The maximum absolute atomic E-state index is 12.7. The molecule has 0 bridgehead atoms. The molecule has 1 aromatic carbocycles. The van der Waals surface area contributed by atoms with Crippen LogP contribution in [-0.4, -0.2) is 40.6 Å². The van der Waals surface area contributed by atoms with Gasteiger partial charge in [-0.1, -0.05) is 23.2 Å². The van der Waals surface area contributed by atoms with Crippen LogP contribution in [0.2, 0.25) is 5.02 Å². The van der Waals surface area contributed by atoms with Crippen molar-refractivity contribution in [3.8, 4) is 0 Å². The monoisotopic (exact) mass is 537 g/mol. The van der Waals surface area contributed by atoms with Gasteiger partial charge in [0.25, 0.3) is 0 Å². The molecule has 0 radical (unpaired) electrons. The number of allylic oxidation sites excluding steroid dienone is 1. The number of imidazole rings is 1. The molecule has 38 heavy (non-hydrogen) atoms. The molecule has 1 amide bonds. The third kappa shape index (κ3) is 6.28. The third-order valence-corrected chi connectivity index (χ3v) is 9.51. The summed E-state index contributed by atoms with van der Waals surface area (Å²) in [6, 6.07) is 7.42. The third-order valence-electron chi connectivity index (χ3n) is 9.28. The van der Waals surface area contributed by atoms with Gasteiger partial charge in [-0.15, -0.1) is 0 Å². The fourth-order valence-electron chi connectivity index (χ4n) is 7.08. The van der Waals surface area contributed by atoms with E-state index in [2.05, 4.69) is 70.7 Å². The molecule has 3 heterocycles. The molecule has 3 N–H and O–H groups in total. The average Bonchev–Trinajstić information content (AvgIpc) is 3.40. The van der Waals surface area contributed by atoms with E-state index in [9.17, 15) is 4.79 Å². The van der Waals surface area contributed by atoms with Crippen molar-refractivity contribution >= 4 is 17.5 Å². The van der Waals surface area contributed by atoms with Gasteiger partial charge in [-0.3, -0.25) is 4.79 Å². The molecule has 7 heteroatoms. The quantitative estimate of drug-likeness (QED) is 0.413. The summed E-state index contributed by atoms with van der Waals surface area (Å²) in [5.74, 6) is 1.87. The van der Waals surface area contributed by atoms with Gasteiger partial charge >= 0.3 is 0 Å². The number of carbonyl (C=O) groups is 1. The summed E-state index contributed by atoms with van der Waals surface area (Å²) in [7, 11) is 0. The Morgan fingerprint density at radius 2 is 2.13 bits per heavy atom. The molecule has 2 aromatic rings. The van der Waals surface area contributed by atoms with Gasteiger partial charge in [-0.25, -0.2) is 4.98 Å². The van der Waals surface area contributed by atoms with Gasteiger partial charge < -0.3 is 20.5 Å². The molecule has 1 saturated heterocycles. The van der Waals surface area contributed by atoms with Crippen molar-refractivity contribution in [2.75, 3.05) is 13.1 Å². The predicted octanol–water partition coefficient (Wildman–Crippen LogP) is 5.54. The second-order valence-corrected chi connectivity index (χ2v) is 12.8. The van der Waals surface area contributed by atoms with Crippen molar-refractivity contribution in [3.63, 3.8) is 0 Å². The second-order valence-electron chi connectivity index (χ2n) is 12.4. The Kier molecular flexibility index (Phi) is 8.49. The lowest BCUT2D eigenvalue weighted by Gasteiger charge is -2.43. The highest BCUT2D eigenvalue weighted by Crippen LogP contribution is 2.45. The minimum absolute atomic E-state index is 0.0695. The number of fused-ring (bicyclic) bond motifs is 2. The van der Waals surface area contributed by atoms with Crippen molar-refractivity contribution in [3.05, 3.63) is 64.8 Å². The Balaban J connectivity index is 1.19. The van der Waals surface area contributed by atoms with Crippen molar-refractivity contribution in [2.24, 2.45) is 11.8 Å². The largest absolute Gasteiger partial charge is 0.387 e. The lowest BCUT2D eigenvalue weighted by Crippen LogP contribution is -2.47. The second kappa shape index (κ2) is 11.8. The van der Waals surface area contributed by atoms with Crippen molar-refractivity contribution in [2.45, 2.75) is 95.7 Å². The number of piperidine rings is 1. The zero-order valence-corrected chi connectivity index (χ0v) is 23.9. The van der Waals surface area contributed by atoms with Crippen LogP contribution >= 0.6 is 11.6 Å². The van der Waals surface area contributed by atoms with Crippen LogP contribution in [0.5, 0.6) is 0 Å². The molecule has 0 spiro atoms. The number of benzene rings is 1. The Labute approximate surface area is 233 Å². The van der Waals surface area contributed by atoms with Crippen LogP contribution < -0.4 is 16.0 Å². The Morgan fingerprint density at radius 1 is 1.26 bits per heavy atom. The molecule has 3 aliphatic rings. The zero-order valence-electron chi connectivity index (χ0n) is 23.2. The number of halogens is 1. The Morgan fingerprint density at radius 3 is 2.95 bits per heavy atom. The zero-order chi connectivity index (χ0) is 26.7. The van der Waals surface area contributed by atoms with Crippen LogP contribution in [0.4, 0.5) is 0 Å². The first-order chi connectivity index (χ1) is 18.3. The first-order valence-electron chi connectivity index (χ1n) is 14.5. The highest BCUT2D eigenvalue weighted by Gasteiger charge is 2.41. The van der Waals surface area contributed by atoms with Crippen molar-refractivity contribution in [1.29, 1.82) is 0 Å². The number of rotatable bonds is 8. The number of carbonyl (C=O) groups excluding carboxylic acids is 1. The van der Waals surface area contributed by atoms with Gasteiger partial charge in [0.2, 0.25) is 5.91 Å². The van der Waals surface area contributed by atoms with E-state index in [-0.39, 0.29) is 11.4 Å². The number of nitrogens with one attached hydrogen (secondary N) is 3. The van der Waals surface area contributed by atoms with E-state index in [4.69, 9.17) is 11.6 Å². The molecule has 1 aromatic heterocycles. The molecular formula is C31H44ClN5O. The molecule has 5 atom stereocenters. The molecule has 4 unspecified atom stereocenters.